The minimum atomic E-state index is -0.385. The molecule has 2 aromatic heterocycles. The fraction of sp³-hybridized carbons (Fsp3) is 0.381. The minimum Gasteiger partial charge on any atom is -0.378 e. The molecule has 7 nitrogen and oxygen atoms in total. The maximum atomic E-state index is 14.5. The van der Waals surface area contributed by atoms with Crippen molar-refractivity contribution in [2.45, 2.75) is 26.8 Å². The summed E-state index contributed by atoms with van der Waals surface area (Å²) in [6.45, 7) is 6.49. The number of nitrogens with one attached hydrogen (secondary N) is 1. The largest absolute Gasteiger partial charge is 0.378 e. The van der Waals surface area contributed by atoms with Gasteiger partial charge >= 0.3 is 0 Å². The monoisotopic (exact) mass is 430 g/mol. The van der Waals surface area contributed by atoms with Gasteiger partial charge in [0, 0.05) is 36.6 Å². The first-order valence-corrected chi connectivity index (χ1v) is 10.6. The number of benzene rings is 1. The number of fused-ring (bicyclic) bond motifs is 1. The summed E-state index contributed by atoms with van der Waals surface area (Å²) in [4.78, 5) is 33.1. The smallest absolute Gasteiger partial charge is 0.262 e. The Balaban J connectivity index is 1.41. The molecule has 158 valence electrons. The Hall–Kier alpha value is -2.78. The Bertz CT molecular complexity index is 1150. The highest BCUT2D eigenvalue weighted by Crippen LogP contribution is 2.26. The zero-order chi connectivity index (χ0) is 21.3. The molecule has 0 radical (unpaired) electrons. The van der Waals surface area contributed by atoms with Gasteiger partial charge in [0.15, 0.2) is 0 Å². The van der Waals surface area contributed by atoms with Crippen LogP contribution in [0.4, 0.5) is 15.8 Å². The number of ether oxygens (including phenoxy) is 1. The van der Waals surface area contributed by atoms with Gasteiger partial charge < -0.3 is 15.0 Å². The molecule has 9 heteroatoms. The fourth-order valence-corrected chi connectivity index (χ4v) is 4.51. The molecule has 0 unspecified atom stereocenters. The van der Waals surface area contributed by atoms with Gasteiger partial charge in [-0.05, 0) is 37.6 Å². The number of amides is 1. The van der Waals surface area contributed by atoms with E-state index in [-0.39, 0.29) is 30.2 Å². The lowest BCUT2D eigenvalue weighted by molar-refractivity contribution is -0.116. The van der Waals surface area contributed by atoms with Gasteiger partial charge in [-0.15, -0.1) is 11.3 Å². The summed E-state index contributed by atoms with van der Waals surface area (Å²) >= 11 is 1.49. The Morgan fingerprint density at radius 3 is 2.80 bits per heavy atom. The SMILES string of the molecule is Cc1sc2ncn(CCC(=O)Nc3ccc(N4CCOCC4)c(F)c3)c(=O)c2c1C. The number of aromatic nitrogens is 2. The standard InChI is InChI=1S/C21H23FN4O3S/c1-13-14(2)30-20-19(13)21(28)26(12-23-20)6-5-18(27)24-15-3-4-17(16(22)11-15)25-7-9-29-10-8-25/h3-4,11-12H,5-10H2,1-2H3,(H,24,27). The van der Waals surface area contributed by atoms with E-state index in [1.165, 1.54) is 28.3 Å². The van der Waals surface area contributed by atoms with Crippen molar-refractivity contribution < 1.29 is 13.9 Å². The van der Waals surface area contributed by atoms with E-state index in [4.69, 9.17) is 4.74 Å². The molecule has 4 rings (SSSR count). The zero-order valence-electron chi connectivity index (χ0n) is 16.9. The van der Waals surface area contributed by atoms with Crippen molar-refractivity contribution in [3.63, 3.8) is 0 Å². The normalized spacial score (nSPS) is 14.3. The Kier molecular flexibility index (Phi) is 5.83. The second kappa shape index (κ2) is 8.53. The average Bonchev–Trinajstić information content (AvgIpc) is 3.02. The number of aryl methyl sites for hydroxylation is 3. The Morgan fingerprint density at radius 1 is 1.30 bits per heavy atom. The number of anilines is 2. The number of halogens is 1. The van der Waals surface area contributed by atoms with E-state index in [2.05, 4.69) is 10.3 Å². The van der Waals surface area contributed by atoms with Crippen molar-refractivity contribution in [2.75, 3.05) is 36.5 Å². The number of thiophene rings is 1. The highest BCUT2D eigenvalue weighted by molar-refractivity contribution is 7.18. The van der Waals surface area contributed by atoms with Gasteiger partial charge in [0.1, 0.15) is 10.6 Å². The van der Waals surface area contributed by atoms with Crippen molar-refractivity contribution >= 4 is 38.8 Å². The molecule has 1 saturated heterocycles. The van der Waals surface area contributed by atoms with Gasteiger partial charge in [-0.3, -0.25) is 14.2 Å². The lowest BCUT2D eigenvalue weighted by atomic mass is 10.2. The zero-order valence-corrected chi connectivity index (χ0v) is 17.7. The van der Waals surface area contributed by atoms with Crippen LogP contribution in [0.3, 0.4) is 0 Å². The molecule has 1 aromatic carbocycles. The molecule has 1 aliphatic rings. The van der Waals surface area contributed by atoms with E-state index in [0.29, 0.717) is 47.9 Å². The number of morpholine rings is 1. The minimum absolute atomic E-state index is 0.0854. The number of nitrogens with zero attached hydrogens (tertiary/aromatic N) is 3. The molecule has 1 fully saturated rings. The lowest BCUT2D eigenvalue weighted by Gasteiger charge is -2.29. The molecule has 1 aliphatic heterocycles. The molecule has 3 aromatic rings. The van der Waals surface area contributed by atoms with Gasteiger partial charge in [-0.25, -0.2) is 9.37 Å². The topological polar surface area (TPSA) is 76.5 Å². The predicted molar refractivity (Wildman–Crippen MR) is 116 cm³/mol. The van der Waals surface area contributed by atoms with Crippen LogP contribution in [-0.4, -0.2) is 41.8 Å². The third-order valence-corrected chi connectivity index (χ3v) is 6.43. The summed E-state index contributed by atoms with van der Waals surface area (Å²) in [6.07, 6.45) is 1.56. The highest BCUT2D eigenvalue weighted by Gasteiger charge is 2.16. The van der Waals surface area contributed by atoms with E-state index in [1.54, 1.807) is 12.1 Å². The van der Waals surface area contributed by atoms with Gasteiger partial charge in [0.2, 0.25) is 5.91 Å². The van der Waals surface area contributed by atoms with Crippen molar-refractivity contribution in [1.82, 2.24) is 9.55 Å². The molecular weight excluding hydrogens is 407 g/mol. The summed E-state index contributed by atoms with van der Waals surface area (Å²) < 4.78 is 21.2. The molecule has 0 saturated carbocycles. The van der Waals surface area contributed by atoms with Crippen molar-refractivity contribution in [2.24, 2.45) is 0 Å². The van der Waals surface area contributed by atoms with Crippen LogP contribution in [0.2, 0.25) is 0 Å². The maximum absolute atomic E-state index is 14.5. The van der Waals surface area contributed by atoms with Gasteiger partial charge in [-0.1, -0.05) is 0 Å². The number of carbonyl (C=O) groups is 1. The summed E-state index contributed by atoms with van der Waals surface area (Å²) in [7, 11) is 0. The van der Waals surface area contributed by atoms with Crippen molar-refractivity contribution in [1.29, 1.82) is 0 Å². The van der Waals surface area contributed by atoms with E-state index >= 15 is 0 Å². The fourth-order valence-electron chi connectivity index (χ4n) is 3.52. The molecule has 0 aliphatic carbocycles. The van der Waals surface area contributed by atoms with Crippen LogP contribution < -0.4 is 15.8 Å². The first-order chi connectivity index (χ1) is 14.4. The second-order valence-electron chi connectivity index (χ2n) is 7.27. The quantitative estimate of drug-likeness (QED) is 0.673. The third-order valence-electron chi connectivity index (χ3n) is 5.32. The third kappa shape index (κ3) is 4.08. The highest BCUT2D eigenvalue weighted by atomic mass is 32.1. The molecule has 1 N–H and O–H groups in total. The molecule has 0 spiro atoms. The van der Waals surface area contributed by atoms with E-state index < -0.39 is 0 Å². The van der Waals surface area contributed by atoms with Crippen LogP contribution in [0.1, 0.15) is 16.9 Å². The lowest BCUT2D eigenvalue weighted by Crippen LogP contribution is -2.36. The summed E-state index contributed by atoms with van der Waals surface area (Å²) in [5.41, 5.74) is 1.68. The van der Waals surface area contributed by atoms with E-state index in [1.807, 2.05) is 18.7 Å². The first-order valence-electron chi connectivity index (χ1n) is 9.81. The summed E-state index contributed by atoms with van der Waals surface area (Å²) in [6, 6.07) is 4.67. The predicted octanol–water partition coefficient (Wildman–Crippen LogP) is 3.08. The van der Waals surface area contributed by atoms with Crippen LogP contribution in [0.15, 0.2) is 29.3 Å². The van der Waals surface area contributed by atoms with Crippen molar-refractivity contribution in [3.05, 3.63) is 51.1 Å². The van der Waals surface area contributed by atoms with E-state index in [0.717, 1.165) is 10.4 Å². The number of rotatable bonds is 5. The van der Waals surface area contributed by atoms with Crippen LogP contribution in [0.25, 0.3) is 10.2 Å². The average molecular weight is 431 g/mol. The van der Waals surface area contributed by atoms with E-state index in [9.17, 15) is 14.0 Å². The Labute approximate surface area is 177 Å². The first kappa shape index (κ1) is 20.5. The van der Waals surface area contributed by atoms with Gasteiger partial charge in [-0.2, -0.15) is 0 Å². The maximum Gasteiger partial charge on any atom is 0.262 e. The summed E-state index contributed by atoms with van der Waals surface area (Å²) in [5.74, 6) is -0.678. The van der Waals surface area contributed by atoms with Crippen LogP contribution >= 0.6 is 11.3 Å². The van der Waals surface area contributed by atoms with Crippen molar-refractivity contribution in [3.8, 4) is 0 Å². The molecule has 3 heterocycles. The molecule has 0 atom stereocenters. The number of hydrogen-bond acceptors (Lipinski definition) is 6. The molecule has 30 heavy (non-hydrogen) atoms. The molecule has 1 amide bonds. The summed E-state index contributed by atoms with van der Waals surface area (Å²) in [5, 5.41) is 3.31. The molecular formula is C21H23FN4O3S. The van der Waals surface area contributed by atoms with Crippen LogP contribution in [0.5, 0.6) is 0 Å². The number of carbonyl (C=O) groups excluding carboxylic acids is 1. The Morgan fingerprint density at radius 2 is 2.07 bits per heavy atom. The van der Waals surface area contributed by atoms with Gasteiger partial charge in [0.05, 0.1) is 30.6 Å². The van der Waals surface area contributed by atoms with Crippen LogP contribution in [0, 0.1) is 19.7 Å². The molecule has 0 bridgehead atoms. The number of hydrogen-bond donors (Lipinski definition) is 1. The van der Waals surface area contributed by atoms with Gasteiger partial charge in [0.25, 0.3) is 5.56 Å². The second-order valence-corrected chi connectivity index (χ2v) is 8.47. The van der Waals surface area contributed by atoms with Crippen LogP contribution in [-0.2, 0) is 16.1 Å².